The maximum atomic E-state index is 11.2. The van der Waals surface area contributed by atoms with Crippen LogP contribution in [0.1, 0.15) is 26.2 Å². The zero-order valence-corrected chi connectivity index (χ0v) is 7.49. The minimum absolute atomic E-state index is 0.279. The van der Waals surface area contributed by atoms with E-state index in [2.05, 4.69) is 0 Å². The fourth-order valence-electron chi connectivity index (χ4n) is 3.17. The molecule has 0 heterocycles. The summed E-state index contributed by atoms with van der Waals surface area (Å²) in [6, 6.07) is 0. The molecule has 0 saturated heterocycles. The number of hydrogen-bond donors (Lipinski definition) is 1. The minimum atomic E-state index is 0.279. The van der Waals surface area contributed by atoms with Gasteiger partial charge in [-0.15, -0.1) is 0 Å². The number of aliphatic hydroxyl groups is 1. The van der Waals surface area contributed by atoms with Gasteiger partial charge in [0.25, 0.3) is 0 Å². The molecule has 2 rings (SSSR count). The molecule has 0 spiro atoms. The number of rotatable bonds is 2. The lowest BCUT2D eigenvalue weighted by molar-refractivity contribution is -0.123. The molecule has 0 radical (unpaired) electrons. The Morgan fingerprint density at radius 3 is 2.67 bits per heavy atom. The molecule has 12 heavy (non-hydrogen) atoms. The molecule has 0 amide bonds. The smallest absolute Gasteiger partial charge is 0.133 e. The first-order chi connectivity index (χ1) is 5.72. The van der Waals surface area contributed by atoms with Crippen LogP contribution in [-0.2, 0) is 4.79 Å². The van der Waals surface area contributed by atoms with Gasteiger partial charge in [0, 0.05) is 12.5 Å². The second-order valence-corrected chi connectivity index (χ2v) is 4.40. The Labute approximate surface area is 73.0 Å². The molecule has 2 aliphatic carbocycles. The summed E-state index contributed by atoms with van der Waals surface area (Å²) < 4.78 is 0. The molecule has 0 aromatic rings. The van der Waals surface area contributed by atoms with Gasteiger partial charge in [-0.3, -0.25) is 4.79 Å². The van der Waals surface area contributed by atoms with Crippen LogP contribution < -0.4 is 0 Å². The molecule has 2 heteroatoms. The number of ketones is 1. The van der Waals surface area contributed by atoms with Crippen molar-refractivity contribution in [3.8, 4) is 0 Å². The first kappa shape index (κ1) is 8.24. The largest absolute Gasteiger partial charge is 0.396 e. The first-order valence-electron chi connectivity index (χ1n) is 4.83. The van der Waals surface area contributed by atoms with Crippen LogP contribution in [0, 0.1) is 23.7 Å². The van der Waals surface area contributed by atoms with Gasteiger partial charge in [-0.05, 0) is 43.9 Å². The third kappa shape index (κ3) is 1.09. The molecule has 0 aromatic heterocycles. The Kier molecular flexibility index (Phi) is 1.95. The molecule has 2 fully saturated rings. The zero-order valence-electron chi connectivity index (χ0n) is 7.49. The van der Waals surface area contributed by atoms with Crippen molar-refractivity contribution in [3.63, 3.8) is 0 Å². The molecular weight excluding hydrogens is 152 g/mol. The van der Waals surface area contributed by atoms with Crippen molar-refractivity contribution in [3.05, 3.63) is 0 Å². The highest BCUT2D eigenvalue weighted by molar-refractivity contribution is 5.79. The van der Waals surface area contributed by atoms with E-state index in [9.17, 15) is 4.79 Å². The van der Waals surface area contributed by atoms with E-state index in [0.717, 1.165) is 18.8 Å². The number of aliphatic hydroxyl groups excluding tert-OH is 1. The highest BCUT2D eigenvalue weighted by Gasteiger charge is 2.47. The van der Waals surface area contributed by atoms with Crippen LogP contribution in [0.4, 0.5) is 0 Å². The van der Waals surface area contributed by atoms with Gasteiger partial charge in [-0.25, -0.2) is 0 Å². The average molecular weight is 168 g/mol. The Balaban J connectivity index is 2.09. The molecule has 2 aliphatic rings. The maximum absolute atomic E-state index is 11.2. The van der Waals surface area contributed by atoms with Gasteiger partial charge in [0.05, 0.1) is 0 Å². The van der Waals surface area contributed by atoms with Crippen molar-refractivity contribution in [1.29, 1.82) is 0 Å². The van der Waals surface area contributed by atoms with E-state index >= 15 is 0 Å². The van der Waals surface area contributed by atoms with Gasteiger partial charge in [0.1, 0.15) is 5.78 Å². The number of fused-ring (bicyclic) bond motifs is 2. The Bertz CT molecular complexity index is 200. The van der Waals surface area contributed by atoms with Crippen molar-refractivity contribution in [1.82, 2.24) is 0 Å². The molecule has 2 saturated carbocycles. The van der Waals surface area contributed by atoms with E-state index in [1.54, 1.807) is 6.92 Å². The van der Waals surface area contributed by atoms with E-state index in [0.29, 0.717) is 17.6 Å². The lowest BCUT2D eigenvalue weighted by Crippen LogP contribution is -2.27. The molecule has 0 aromatic carbocycles. The minimum Gasteiger partial charge on any atom is -0.396 e. The monoisotopic (exact) mass is 168 g/mol. The summed E-state index contributed by atoms with van der Waals surface area (Å²) in [6.45, 7) is 1.98. The van der Waals surface area contributed by atoms with Crippen LogP contribution in [0.15, 0.2) is 0 Å². The van der Waals surface area contributed by atoms with E-state index < -0.39 is 0 Å². The van der Waals surface area contributed by atoms with Gasteiger partial charge in [0.2, 0.25) is 0 Å². The van der Waals surface area contributed by atoms with Gasteiger partial charge >= 0.3 is 0 Å². The van der Waals surface area contributed by atoms with Crippen molar-refractivity contribution in [2.45, 2.75) is 26.2 Å². The van der Waals surface area contributed by atoms with Crippen molar-refractivity contribution >= 4 is 5.78 Å². The van der Waals surface area contributed by atoms with Crippen LogP contribution in [0.3, 0.4) is 0 Å². The molecule has 2 bridgehead atoms. The second kappa shape index (κ2) is 2.84. The Hall–Kier alpha value is -0.370. The van der Waals surface area contributed by atoms with Crippen LogP contribution >= 0.6 is 0 Å². The number of carbonyl (C=O) groups is 1. The normalized spacial score (nSPS) is 45.2. The van der Waals surface area contributed by atoms with Crippen LogP contribution in [0.2, 0.25) is 0 Å². The summed E-state index contributed by atoms with van der Waals surface area (Å²) in [5, 5.41) is 9.08. The Morgan fingerprint density at radius 1 is 1.42 bits per heavy atom. The average Bonchev–Trinajstić information content (AvgIpc) is 2.60. The molecule has 2 nitrogen and oxygen atoms in total. The highest BCUT2D eigenvalue weighted by atomic mass is 16.3. The first-order valence-corrected chi connectivity index (χ1v) is 4.83. The number of carbonyl (C=O) groups excluding carboxylic acids is 1. The van der Waals surface area contributed by atoms with Crippen molar-refractivity contribution < 1.29 is 9.90 Å². The highest BCUT2D eigenvalue weighted by Crippen LogP contribution is 2.51. The predicted molar refractivity (Wildman–Crippen MR) is 45.6 cm³/mol. The standard InChI is InChI=1S/C10H16O2/c1-6(12)9-3-7-2-8(5-11)10(9)4-7/h7-11H,2-5H2,1H3/t7-,8+,9+,10+/m1/s1. The molecule has 68 valence electrons. The number of Topliss-reactive ketones (excluding diaryl/α,β-unsaturated/α-hetero) is 1. The summed E-state index contributed by atoms with van der Waals surface area (Å²) >= 11 is 0. The lowest BCUT2D eigenvalue weighted by atomic mass is 9.79. The van der Waals surface area contributed by atoms with Crippen molar-refractivity contribution in [2.24, 2.45) is 23.7 Å². The summed E-state index contributed by atoms with van der Waals surface area (Å²) in [5.74, 6) is 2.29. The third-order valence-electron chi connectivity index (χ3n) is 3.71. The van der Waals surface area contributed by atoms with Gasteiger partial charge in [-0.1, -0.05) is 0 Å². The number of hydrogen-bond acceptors (Lipinski definition) is 2. The zero-order chi connectivity index (χ0) is 8.72. The van der Waals surface area contributed by atoms with Crippen LogP contribution in [-0.4, -0.2) is 17.5 Å². The SMILES string of the molecule is CC(=O)[C@@H]1C[C@H]2C[C@@H](CO)[C@@H]1C2. The summed E-state index contributed by atoms with van der Waals surface area (Å²) in [5.41, 5.74) is 0. The maximum Gasteiger partial charge on any atom is 0.133 e. The third-order valence-corrected chi connectivity index (χ3v) is 3.71. The summed E-state index contributed by atoms with van der Waals surface area (Å²) in [7, 11) is 0. The fraction of sp³-hybridized carbons (Fsp3) is 0.900. The predicted octanol–water partition coefficient (Wildman–Crippen LogP) is 1.23. The fourth-order valence-corrected chi connectivity index (χ4v) is 3.17. The van der Waals surface area contributed by atoms with Crippen molar-refractivity contribution in [2.75, 3.05) is 6.61 Å². The van der Waals surface area contributed by atoms with E-state index in [-0.39, 0.29) is 12.5 Å². The molecule has 0 aliphatic heterocycles. The van der Waals surface area contributed by atoms with E-state index in [4.69, 9.17) is 5.11 Å². The summed E-state index contributed by atoms with van der Waals surface area (Å²) in [6.07, 6.45) is 3.44. The lowest BCUT2D eigenvalue weighted by Gasteiger charge is -2.26. The van der Waals surface area contributed by atoms with Gasteiger partial charge < -0.3 is 5.11 Å². The van der Waals surface area contributed by atoms with Gasteiger partial charge in [-0.2, -0.15) is 0 Å². The van der Waals surface area contributed by atoms with Crippen LogP contribution in [0.25, 0.3) is 0 Å². The molecule has 0 unspecified atom stereocenters. The van der Waals surface area contributed by atoms with E-state index in [1.165, 1.54) is 6.42 Å². The van der Waals surface area contributed by atoms with E-state index in [1.807, 2.05) is 0 Å². The van der Waals surface area contributed by atoms with Crippen LogP contribution in [0.5, 0.6) is 0 Å². The molecular formula is C10H16O2. The summed E-state index contributed by atoms with van der Waals surface area (Å²) in [4.78, 5) is 11.2. The Morgan fingerprint density at radius 2 is 2.17 bits per heavy atom. The molecule has 1 N–H and O–H groups in total. The molecule has 4 atom stereocenters. The topological polar surface area (TPSA) is 37.3 Å². The quantitative estimate of drug-likeness (QED) is 0.673. The second-order valence-electron chi connectivity index (χ2n) is 4.40. The van der Waals surface area contributed by atoms with Gasteiger partial charge in [0.15, 0.2) is 0 Å².